The summed E-state index contributed by atoms with van der Waals surface area (Å²) in [6.45, 7) is 0. The van der Waals surface area contributed by atoms with E-state index in [2.05, 4.69) is 15.0 Å². The summed E-state index contributed by atoms with van der Waals surface area (Å²) in [6, 6.07) is 5.01. The molecular weight excluding hydrogens is 265 g/mol. The average molecular weight is 272 g/mol. The number of halogens is 2. The van der Waals surface area contributed by atoms with E-state index in [-0.39, 0.29) is 11.8 Å². The number of nitrogens with zero attached hydrogens (tertiary/aromatic N) is 2. The number of hydrogen-bond donors (Lipinski definition) is 1. The highest BCUT2D eigenvalue weighted by atomic mass is 35.5. The molecule has 0 saturated carbocycles. The Bertz CT molecular complexity index is 613. The highest BCUT2D eigenvalue weighted by Crippen LogP contribution is 2.31. The second kappa shape index (κ2) is 4.73. The van der Waals surface area contributed by atoms with Crippen LogP contribution in [0.2, 0.25) is 10.0 Å². The zero-order valence-corrected chi connectivity index (χ0v) is 10.2. The van der Waals surface area contributed by atoms with Crippen molar-refractivity contribution >= 4 is 23.2 Å². The Hall–Kier alpha value is -1.59. The van der Waals surface area contributed by atoms with Crippen molar-refractivity contribution < 1.29 is 4.74 Å². The van der Waals surface area contributed by atoms with Crippen LogP contribution in [-0.4, -0.2) is 22.1 Å². The Balaban J connectivity index is 2.64. The van der Waals surface area contributed by atoms with Crippen molar-refractivity contribution in [3.05, 3.63) is 38.7 Å². The molecule has 0 aliphatic heterocycles. The summed E-state index contributed by atoms with van der Waals surface area (Å²) in [5.74, 6) is 0.259. The molecule has 0 atom stereocenters. The summed E-state index contributed by atoms with van der Waals surface area (Å²) < 4.78 is 4.81. The van der Waals surface area contributed by atoms with Gasteiger partial charge in [0.15, 0.2) is 0 Å². The number of hydrogen-bond acceptors (Lipinski definition) is 4. The molecule has 2 aromatic rings. The van der Waals surface area contributed by atoms with Gasteiger partial charge >= 0.3 is 11.7 Å². The van der Waals surface area contributed by atoms with Crippen LogP contribution in [0.1, 0.15) is 0 Å². The first-order chi connectivity index (χ1) is 8.11. The molecule has 5 nitrogen and oxygen atoms in total. The van der Waals surface area contributed by atoms with Gasteiger partial charge in [0.2, 0.25) is 0 Å². The minimum atomic E-state index is -0.567. The van der Waals surface area contributed by atoms with Gasteiger partial charge in [-0.3, -0.25) is 4.98 Å². The highest BCUT2D eigenvalue weighted by molar-refractivity contribution is 6.43. The van der Waals surface area contributed by atoms with Gasteiger partial charge in [0, 0.05) is 5.56 Å². The third-order valence-electron chi connectivity index (χ3n) is 2.02. The quantitative estimate of drug-likeness (QED) is 0.909. The predicted octanol–water partition coefficient (Wildman–Crippen LogP) is 2.15. The van der Waals surface area contributed by atoms with Gasteiger partial charge in [-0.2, -0.15) is 4.98 Å². The molecule has 7 heteroatoms. The molecule has 0 fully saturated rings. The molecule has 1 N–H and O–H groups in total. The van der Waals surface area contributed by atoms with E-state index in [1.54, 1.807) is 18.2 Å². The van der Waals surface area contributed by atoms with Gasteiger partial charge < -0.3 is 4.74 Å². The first-order valence-electron chi connectivity index (χ1n) is 4.58. The van der Waals surface area contributed by atoms with Crippen LogP contribution in [0, 0.1) is 0 Å². The molecular formula is C10H7Cl2N3O2. The number of benzene rings is 1. The largest absolute Gasteiger partial charge is 0.467 e. The predicted molar refractivity (Wildman–Crippen MR) is 64.7 cm³/mol. The normalized spacial score (nSPS) is 10.3. The molecule has 17 heavy (non-hydrogen) atoms. The molecule has 1 aromatic carbocycles. The van der Waals surface area contributed by atoms with Crippen LogP contribution >= 0.6 is 23.2 Å². The van der Waals surface area contributed by atoms with E-state index in [0.717, 1.165) is 0 Å². The molecule has 0 spiro atoms. The first kappa shape index (κ1) is 11.9. The van der Waals surface area contributed by atoms with Crippen LogP contribution in [0.5, 0.6) is 6.01 Å². The lowest BCUT2D eigenvalue weighted by atomic mass is 10.2. The Morgan fingerprint density at radius 2 is 2.06 bits per heavy atom. The van der Waals surface area contributed by atoms with E-state index in [9.17, 15) is 4.79 Å². The minimum Gasteiger partial charge on any atom is -0.467 e. The molecule has 0 aliphatic carbocycles. The van der Waals surface area contributed by atoms with Crippen molar-refractivity contribution in [2.75, 3.05) is 7.11 Å². The molecule has 88 valence electrons. The maximum Gasteiger partial charge on any atom is 0.351 e. The third-order valence-corrected chi connectivity index (χ3v) is 2.84. The summed E-state index contributed by atoms with van der Waals surface area (Å²) in [6.07, 6.45) is 0. The molecule has 1 heterocycles. The molecule has 0 saturated heterocycles. The van der Waals surface area contributed by atoms with Crippen LogP contribution in [0.25, 0.3) is 11.4 Å². The summed E-state index contributed by atoms with van der Waals surface area (Å²) in [5.41, 5.74) is -0.0557. The highest BCUT2D eigenvalue weighted by Gasteiger charge is 2.11. The molecule has 0 bridgehead atoms. The monoisotopic (exact) mass is 271 g/mol. The van der Waals surface area contributed by atoms with E-state index in [1.807, 2.05) is 0 Å². The van der Waals surface area contributed by atoms with E-state index in [0.29, 0.717) is 15.6 Å². The number of aromatic nitrogens is 3. The zero-order chi connectivity index (χ0) is 12.4. The van der Waals surface area contributed by atoms with E-state index < -0.39 is 5.69 Å². The first-order valence-corrected chi connectivity index (χ1v) is 5.34. The molecule has 0 unspecified atom stereocenters. The van der Waals surface area contributed by atoms with Crippen LogP contribution in [-0.2, 0) is 0 Å². The SMILES string of the molecule is COc1nc(-c2cccc(Cl)c2Cl)[nH]c(=O)n1. The van der Waals surface area contributed by atoms with E-state index >= 15 is 0 Å². The number of rotatable bonds is 2. The fourth-order valence-corrected chi connectivity index (χ4v) is 1.66. The number of H-pyrrole nitrogens is 1. The third kappa shape index (κ3) is 2.40. The van der Waals surface area contributed by atoms with Crippen molar-refractivity contribution in [1.29, 1.82) is 0 Å². The van der Waals surface area contributed by atoms with Gasteiger partial charge in [-0.1, -0.05) is 29.3 Å². The average Bonchev–Trinajstić information content (AvgIpc) is 2.31. The van der Waals surface area contributed by atoms with Crippen molar-refractivity contribution in [2.45, 2.75) is 0 Å². The molecule has 0 amide bonds. The van der Waals surface area contributed by atoms with Gasteiger partial charge in [-0.25, -0.2) is 4.79 Å². The van der Waals surface area contributed by atoms with Gasteiger partial charge in [-0.15, -0.1) is 4.98 Å². The van der Waals surface area contributed by atoms with Gasteiger partial charge in [0.05, 0.1) is 17.2 Å². The fraction of sp³-hybridized carbons (Fsp3) is 0.100. The summed E-state index contributed by atoms with van der Waals surface area (Å²) in [5, 5.41) is 0.688. The van der Waals surface area contributed by atoms with Crippen molar-refractivity contribution in [3.8, 4) is 17.4 Å². The molecule has 0 aliphatic rings. The maximum atomic E-state index is 11.3. The number of methoxy groups -OCH3 is 1. The van der Waals surface area contributed by atoms with E-state index in [1.165, 1.54) is 7.11 Å². The minimum absolute atomic E-state index is 0.0280. The standard InChI is InChI=1S/C10H7Cl2N3O2/c1-17-10-14-8(13-9(16)15-10)5-3-2-4-6(11)7(5)12/h2-4H,1H3,(H,13,14,15,16). The van der Waals surface area contributed by atoms with Gasteiger partial charge in [0.1, 0.15) is 5.82 Å². The van der Waals surface area contributed by atoms with Crippen LogP contribution in [0.3, 0.4) is 0 Å². The Kier molecular flexibility index (Phi) is 3.31. The summed E-state index contributed by atoms with van der Waals surface area (Å²) in [7, 11) is 1.37. The zero-order valence-electron chi connectivity index (χ0n) is 8.70. The Labute approximate surface area is 106 Å². The second-order valence-electron chi connectivity index (χ2n) is 3.09. The Morgan fingerprint density at radius 3 is 2.76 bits per heavy atom. The van der Waals surface area contributed by atoms with Crippen LogP contribution < -0.4 is 10.4 Å². The smallest absolute Gasteiger partial charge is 0.351 e. The lowest BCUT2D eigenvalue weighted by Gasteiger charge is -2.05. The lowest BCUT2D eigenvalue weighted by molar-refractivity contribution is 0.377. The van der Waals surface area contributed by atoms with E-state index in [4.69, 9.17) is 27.9 Å². The van der Waals surface area contributed by atoms with Gasteiger partial charge in [-0.05, 0) is 12.1 Å². The van der Waals surface area contributed by atoms with Gasteiger partial charge in [0.25, 0.3) is 0 Å². The number of aromatic amines is 1. The molecule has 0 radical (unpaired) electrons. The van der Waals surface area contributed by atoms with Crippen molar-refractivity contribution in [3.63, 3.8) is 0 Å². The van der Waals surface area contributed by atoms with Crippen molar-refractivity contribution in [2.24, 2.45) is 0 Å². The molecule has 1 aromatic heterocycles. The maximum absolute atomic E-state index is 11.3. The topological polar surface area (TPSA) is 67.9 Å². The summed E-state index contributed by atoms with van der Waals surface area (Å²) in [4.78, 5) is 21.2. The Morgan fingerprint density at radius 1 is 1.29 bits per heavy atom. The molecule has 2 rings (SSSR count). The van der Waals surface area contributed by atoms with Crippen LogP contribution in [0.4, 0.5) is 0 Å². The van der Waals surface area contributed by atoms with Crippen molar-refractivity contribution in [1.82, 2.24) is 15.0 Å². The number of ether oxygens (including phenoxy) is 1. The lowest BCUT2D eigenvalue weighted by Crippen LogP contribution is -2.14. The second-order valence-corrected chi connectivity index (χ2v) is 3.88. The number of nitrogens with one attached hydrogen (secondary N) is 1. The summed E-state index contributed by atoms with van der Waals surface area (Å²) >= 11 is 11.9. The van der Waals surface area contributed by atoms with Crippen LogP contribution in [0.15, 0.2) is 23.0 Å². The fourth-order valence-electron chi connectivity index (χ4n) is 1.27.